The van der Waals surface area contributed by atoms with Crippen LogP contribution in [0.1, 0.15) is 67.8 Å². The van der Waals surface area contributed by atoms with Crippen molar-refractivity contribution in [3.63, 3.8) is 0 Å². The van der Waals surface area contributed by atoms with E-state index in [9.17, 15) is 18.4 Å². The van der Waals surface area contributed by atoms with Gasteiger partial charge >= 0.3 is 5.69 Å². The summed E-state index contributed by atoms with van der Waals surface area (Å²) in [4.78, 5) is 30.8. The number of aryl methyl sites for hydroxylation is 1. The Kier molecular flexibility index (Phi) is 7.42. The van der Waals surface area contributed by atoms with E-state index in [0.717, 1.165) is 55.9 Å². The maximum absolute atomic E-state index is 13.4. The third-order valence-corrected chi connectivity index (χ3v) is 10.7. The SMILES string of the molecule is C1CNC2(C1)CCC2.O=c1ccn(C2CC(F)(F)C2)c(=O)n1Cc1cc2nccc(-c3cc(Cl)cc4c3NCCC4)c2s1. The quantitative estimate of drug-likeness (QED) is 0.267. The van der Waals surface area contributed by atoms with Gasteiger partial charge < -0.3 is 10.6 Å². The molecule has 0 radical (unpaired) electrons. The smallest absolute Gasteiger partial charge is 0.331 e. The van der Waals surface area contributed by atoms with Gasteiger partial charge in [0.25, 0.3) is 11.5 Å². The van der Waals surface area contributed by atoms with Crippen molar-refractivity contribution in [3.8, 4) is 11.1 Å². The zero-order valence-corrected chi connectivity index (χ0v) is 25.4. The van der Waals surface area contributed by atoms with E-state index in [1.54, 1.807) is 6.20 Å². The second-order valence-electron chi connectivity index (χ2n) is 12.3. The van der Waals surface area contributed by atoms with E-state index in [1.165, 1.54) is 72.4 Å². The molecule has 2 aliphatic heterocycles. The van der Waals surface area contributed by atoms with E-state index in [4.69, 9.17) is 11.6 Å². The largest absolute Gasteiger partial charge is 0.384 e. The highest BCUT2D eigenvalue weighted by molar-refractivity contribution is 7.19. The molecule has 0 bridgehead atoms. The number of pyridine rings is 1. The monoisotopic (exact) mass is 625 g/mol. The summed E-state index contributed by atoms with van der Waals surface area (Å²) in [5.41, 5.74) is 4.62. The van der Waals surface area contributed by atoms with Gasteiger partial charge in [0.2, 0.25) is 0 Å². The molecular weight excluding hydrogens is 592 g/mol. The predicted octanol–water partition coefficient (Wildman–Crippen LogP) is 6.61. The highest BCUT2D eigenvalue weighted by atomic mass is 35.5. The van der Waals surface area contributed by atoms with E-state index >= 15 is 0 Å². The van der Waals surface area contributed by atoms with Crippen LogP contribution < -0.4 is 21.9 Å². The fourth-order valence-corrected chi connectivity index (χ4v) is 8.26. The average Bonchev–Trinajstić information content (AvgIpc) is 3.62. The lowest BCUT2D eigenvalue weighted by atomic mass is 9.76. The van der Waals surface area contributed by atoms with Gasteiger partial charge in [0.05, 0.1) is 16.8 Å². The number of aromatic nitrogens is 3. The molecule has 3 aromatic heterocycles. The lowest BCUT2D eigenvalue weighted by Gasteiger charge is -2.38. The van der Waals surface area contributed by atoms with Crippen molar-refractivity contribution in [2.75, 3.05) is 18.4 Å². The molecule has 0 atom stereocenters. The fourth-order valence-electron chi connectivity index (χ4n) is 6.89. The Morgan fingerprint density at radius 1 is 1.02 bits per heavy atom. The second-order valence-corrected chi connectivity index (χ2v) is 13.9. The van der Waals surface area contributed by atoms with Crippen LogP contribution in [0.5, 0.6) is 0 Å². The van der Waals surface area contributed by atoms with Gasteiger partial charge in [-0.2, -0.15) is 0 Å². The van der Waals surface area contributed by atoms with Gasteiger partial charge in [0.15, 0.2) is 0 Å². The number of thiophene rings is 1. The first-order chi connectivity index (χ1) is 20.7. The maximum atomic E-state index is 13.4. The number of alkyl halides is 2. The zero-order chi connectivity index (χ0) is 29.8. The van der Waals surface area contributed by atoms with Crippen molar-refractivity contribution in [1.29, 1.82) is 0 Å². The lowest BCUT2D eigenvalue weighted by Crippen LogP contribution is -2.46. The molecule has 1 saturated heterocycles. The molecule has 0 amide bonds. The molecule has 2 saturated carbocycles. The first-order valence-electron chi connectivity index (χ1n) is 15.1. The standard InChI is InChI=1S/C25H21ClF2N4O2S.C7H13N/c26-15-8-14-2-1-5-30-22(14)19(9-15)18-3-6-29-20-10-17(35-23(18)20)13-32-21(33)4-7-31(24(32)34)16-11-25(27,28)12-16;1-3-7(4-1)5-2-6-8-7/h3-4,6-10,16,30H,1-2,5,11-13H2;8H,1-6H2. The minimum absolute atomic E-state index is 0.0496. The minimum atomic E-state index is -2.76. The van der Waals surface area contributed by atoms with Gasteiger partial charge in [0, 0.05) is 76.1 Å². The van der Waals surface area contributed by atoms with Gasteiger partial charge in [-0.3, -0.25) is 18.9 Å². The van der Waals surface area contributed by atoms with Crippen LogP contribution in [0, 0.1) is 0 Å². The topological polar surface area (TPSA) is 81.0 Å². The number of anilines is 1. The summed E-state index contributed by atoms with van der Waals surface area (Å²) in [5.74, 6) is -2.76. The number of nitrogens with one attached hydrogen (secondary N) is 2. The summed E-state index contributed by atoms with van der Waals surface area (Å²) < 4.78 is 30.0. The van der Waals surface area contributed by atoms with E-state index in [2.05, 4.69) is 15.6 Å². The summed E-state index contributed by atoms with van der Waals surface area (Å²) >= 11 is 7.90. The van der Waals surface area contributed by atoms with Crippen LogP contribution in [-0.4, -0.2) is 38.7 Å². The normalized spacial score (nSPS) is 20.1. The summed E-state index contributed by atoms with van der Waals surface area (Å²) in [6.45, 7) is 2.22. The molecule has 1 aromatic carbocycles. The number of hydrogen-bond donors (Lipinski definition) is 2. The Hall–Kier alpha value is -3.08. The highest BCUT2D eigenvalue weighted by Crippen LogP contribution is 2.45. The molecule has 8 rings (SSSR count). The number of halogens is 3. The summed E-state index contributed by atoms with van der Waals surface area (Å²) in [5, 5.41) is 7.74. The molecule has 5 heterocycles. The van der Waals surface area contributed by atoms with Crippen molar-refractivity contribution in [2.45, 2.75) is 81.8 Å². The van der Waals surface area contributed by atoms with Crippen LogP contribution in [-0.2, 0) is 13.0 Å². The number of benzene rings is 1. The molecule has 0 unspecified atom stereocenters. The summed E-state index contributed by atoms with van der Waals surface area (Å²) in [7, 11) is 0. The molecule has 43 heavy (non-hydrogen) atoms. The Bertz CT molecular complexity index is 1800. The van der Waals surface area contributed by atoms with Crippen LogP contribution in [0.3, 0.4) is 0 Å². The molecule has 7 nitrogen and oxygen atoms in total. The summed E-state index contributed by atoms with van der Waals surface area (Å²) in [6.07, 6.45) is 11.5. The van der Waals surface area contributed by atoms with Crippen LogP contribution in [0.25, 0.3) is 21.3 Å². The molecule has 3 fully saturated rings. The minimum Gasteiger partial charge on any atom is -0.384 e. The van der Waals surface area contributed by atoms with Gasteiger partial charge in [-0.05, 0) is 81.3 Å². The van der Waals surface area contributed by atoms with Crippen LogP contribution in [0.15, 0.2) is 52.3 Å². The molecule has 4 aliphatic rings. The summed E-state index contributed by atoms with van der Waals surface area (Å²) in [6, 6.07) is 8.43. The molecule has 4 aromatic rings. The number of fused-ring (bicyclic) bond motifs is 2. The van der Waals surface area contributed by atoms with Crippen molar-refractivity contribution in [3.05, 3.63) is 79.0 Å². The Morgan fingerprint density at radius 3 is 2.53 bits per heavy atom. The molecular formula is C32H34ClF2N5O2S. The molecule has 1 spiro atoms. The van der Waals surface area contributed by atoms with E-state index in [0.29, 0.717) is 10.6 Å². The van der Waals surface area contributed by atoms with Gasteiger partial charge in [-0.15, -0.1) is 11.3 Å². The van der Waals surface area contributed by atoms with Gasteiger partial charge in [-0.1, -0.05) is 11.6 Å². The highest BCUT2D eigenvalue weighted by Gasteiger charge is 2.46. The van der Waals surface area contributed by atoms with E-state index < -0.39 is 23.2 Å². The van der Waals surface area contributed by atoms with Gasteiger partial charge in [-0.25, -0.2) is 13.6 Å². The third-order valence-electron chi connectivity index (χ3n) is 9.38. The predicted molar refractivity (Wildman–Crippen MR) is 168 cm³/mol. The molecule has 226 valence electrons. The molecule has 2 N–H and O–H groups in total. The number of hydrogen-bond acceptors (Lipinski definition) is 6. The van der Waals surface area contributed by atoms with Crippen LogP contribution in [0.4, 0.5) is 14.5 Å². The third kappa shape index (κ3) is 5.53. The maximum Gasteiger partial charge on any atom is 0.331 e. The van der Waals surface area contributed by atoms with Gasteiger partial charge in [0.1, 0.15) is 0 Å². The zero-order valence-electron chi connectivity index (χ0n) is 23.8. The Balaban J connectivity index is 0.000000322. The van der Waals surface area contributed by atoms with Crippen molar-refractivity contribution in [2.24, 2.45) is 0 Å². The second kappa shape index (κ2) is 11.1. The van der Waals surface area contributed by atoms with Crippen molar-refractivity contribution >= 4 is 38.8 Å². The molecule has 2 aliphatic carbocycles. The van der Waals surface area contributed by atoms with E-state index in [1.807, 2.05) is 24.3 Å². The van der Waals surface area contributed by atoms with Crippen molar-refractivity contribution < 1.29 is 8.78 Å². The Labute approximate surface area is 256 Å². The van der Waals surface area contributed by atoms with Crippen LogP contribution >= 0.6 is 22.9 Å². The first kappa shape index (κ1) is 28.7. The van der Waals surface area contributed by atoms with Crippen LogP contribution in [0.2, 0.25) is 5.02 Å². The number of rotatable bonds is 4. The molecule has 11 heteroatoms. The van der Waals surface area contributed by atoms with E-state index in [-0.39, 0.29) is 19.4 Å². The van der Waals surface area contributed by atoms with Crippen molar-refractivity contribution in [1.82, 2.24) is 19.4 Å². The lowest BCUT2D eigenvalue weighted by molar-refractivity contribution is -0.105. The number of nitrogens with zero attached hydrogens (tertiary/aromatic N) is 3. The first-order valence-corrected chi connectivity index (χ1v) is 16.3. The Morgan fingerprint density at radius 2 is 1.84 bits per heavy atom. The average molecular weight is 626 g/mol. The fraction of sp³-hybridized carbons (Fsp3) is 0.469.